The van der Waals surface area contributed by atoms with Crippen LogP contribution in [-0.4, -0.2) is 47.0 Å². The molecule has 0 bridgehead atoms. The predicted molar refractivity (Wildman–Crippen MR) is 91.2 cm³/mol. The highest BCUT2D eigenvalue weighted by Gasteiger charge is 2.23. The summed E-state index contributed by atoms with van der Waals surface area (Å²) in [6.45, 7) is 4.90. The lowest BCUT2D eigenvalue weighted by Gasteiger charge is -2.32. The smallest absolute Gasteiger partial charge is 0.222 e. The van der Waals surface area contributed by atoms with Crippen molar-refractivity contribution in [3.8, 4) is 5.75 Å². The van der Waals surface area contributed by atoms with Crippen LogP contribution in [-0.2, 0) is 11.3 Å². The Kier molecular flexibility index (Phi) is 5.55. The number of nitrogens with zero attached hydrogens (tertiary/aromatic N) is 2. The van der Waals surface area contributed by atoms with Crippen LogP contribution in [0, 0.1) is 5.92 Å². The van der Waals surface area contributed by atoms with Gasteiger partial charge in [-0.15, -0.1) is 0 Å². The first-order valence-corrected chi connectivity index (χ1v) is 8.99. The van der Waals surface area contributed by atoms with Crippen molar-refractivity contribution in [2.45, 2.75) is 45.1 Å². The van der Waals surface area contributed by atoms with Crippen LogP contribution in [0.4, 0.5) is 0 Å². The Morgan fingerprint density at radius 1 is 1.09 bits per heavy atom. The maximum absolute atomic E-state index is 12.1. The van der Waals surface area contributed by atoms with Gasteiger partial charge in [-0.1, -0.05) is 18.2 Å². The first kappa shape index (κ1) is 16.3. The van der Waals surface area contributed by atoms with Crippen LogP contribution in [0.25, 0.3) is 0 Å². The Labute approximate surface area is 139 Å². The first-order valence-electron chi connectivity index (χ1n) is 8.99. The molecule has 0 spiro atoms. The molecule has 2 aliphatic rings. The van der Waals surface area contributed by atoms with Crippen LogP contribution in [0.3, 0.4) is 0 Å². The van der Waals surface area contributed by atoms with E-state index in [0.29, 0.717) is 17.6 Å². The van der Waals surface area contributed by atoms with Gasteiger partial charge in [-0.25, -0.2) is 0 Å². The molecule has 3 rings (SSSR count). The molecule has 23 heavy (non-hydrogen) atoms. The summed E-state index contributed by atoms with van der Waals surface area (Å²) in [4.78, 5) is 16.6. The molecule has 1 aromatic rings. The maximum Gasteiger partial charge on any atom is 0.222 e. The Balaban J connectivity index is 1.38. The Bertz CT molecular complexity index is 518. The summed E-state index contributed by atoms with van der Waals surface area (Å²) in [5.41, 5.74) is 1.01. The van der Waals surface area contributed by atoms with E-state index in [2.05, 4.69) is 4.90 Å². The zero-order chi connectivity index (χ0) is 16.1. The topological polar surface area (TPSA) is 43.8 Å². The number of amides is 1. The lowest BCUT2D eigenvalue weighted by atomic mass is 9.91. The van der Waals surface area contributed by atoms with Gasteiger partial charge in [0.15, 0.2) is 0 Å². The number of benzene rings is 1. The van der Waals surface area contributed by atoms with Crippen LogP contribution < -0.4 is 0 Å². The number of para-hydroxylation sites is 1. The summed E-state index contributed by atoms with van der Waals surface area (Å²) in [5.74, 6) is 1.44. The summed E-state index contributed by atoms with van der Waals surface area (Å²) in [6, 6.07) is 7.59. The highest BCUT2D eigenvalue weighted by atomic mass is 16.3. The average molecular weight is 316 g/mol. The molecular weight excluding hydrogens is 288 g/mol. The molecule has 2 saturated heterocycles. The molecule has 0 aromatic heterocycles. The van der Waals surface area contributed by atoms with Crippen LogP contribution in [0.5, 0.6) is 5.75 Å². The number of rotatable bonds is 5. The zero-order valence-electron chi connectivity index (χ0n) is 13.9. The van der Waals surface area contributed by atoms with E-state index in [0.717, 1.165) is 51.1 Å². The molecule has 1 N–H and O–H groups in total. The number of aromatic hydroxyl groups is 1. The standard InChI is InChI=1S/C19H28N2O2/c22-18-6-2-1-5-17(18)15-20-13-9-16(10-14-20)7-8-19(23)21-11-3-4-12-21/h1-2,5-6,16,22H,3-4,7-15H2. The molecule has 1 aromatic carbocycles. The summed E-state index contributed by atoms with van der Waals surface area (Å²) >= 11 is 0. The fourth-order valence-corrected chi connectivity index (χ4v) is 3.77. The first-order chi connectivity index (χ1) is 11.2. The normalized spacial score (nSPS) is 20.1. The molecule has 2 aliphatic heterocycles. The number of likely N-dealkylation sites (tertiary alicyclic amines) is 2. The van der Waals surface area contributed by atoms with Crippen molar-refractivity contribution in [2.24, 2.45) is 5.92 Å². The van der Waals surface area contributed by atoms with E-state index in [4.69, 9.17) is 0 Å². The zero-order valence-corrected chi connectivity index (χ0v) is 13.9. The number of hydrogen-bond donors (Lipinski definition) is 1. The van der Waals surface area contributed by atoms with Crippen LogP contribution in [0.15, 0.2) is 24.3 Å². The second-order valence-electron chi connectivity index (χ2n) is 6.97. The van der Waals surface area contributed by atoms with Crippen LogP contribution in [0.1, 0.15) is 44.1 Å². The third-order valence-corrected chi connectivity index (χ3v) is 5.32. The van der Waals surface area contributed by atoms with E-state index in [-0.39, 0.29) is 0 Å². The molecule has 4 nitrogen and oxygen atoms in total. The molecule has 126 valence electrons. The third-order valence-electron chi connectivity index (χ3n) is 5.32. The Morgan fingerprint density at radius 3 is 2.48 bits per heavy atom. The molecule has 0 atom stereocenters. The maximum atomic E-state index is 12.1. The van der Waals surface area contributed by atoms with Gasteiger partial charge in [-0.05, 0) is 57.2 Å². The number of phenols is 1. The van der Waals surface area contributed by atoms with Crippen molar-refractivity contribution in [1.82, 2.24) is 9.80 Å². The lowest BCUT2D eigenvalue weighted by molar-refractivity contribution is -0.130. The summed E-state index contributed by atoms with van der Waals surface area (Å²) in [6.07, 6.45) is 6.46. The van der Waals surface area contributed by atoms with E-state index >= 15 is 0 Å². The molecule has 0 unspecified atom stereocenters. The molecular formula is C19H28N2O2. The van der Waals surface area contributed by atoms with E-state index in [1.54, 1.807) is 6.07 Å². The largest absolute Gasteiger partial charge is 0.508 e. The molecule has 0 aliphatic carbocycles. The van der Waals surface area contributed by atoms with Crippen molar-refractivity contribution in [1.29, 1.82) is 0 Å². The third kappa shape index (κ3) is 4.47. The van der Waals surface area contributed by atoms with Gasteiger partial charge in [0.1, 0.15) is 5.75 Å². The van der Waals surface area contributed by atoms with Crippen molar-refractivity contribution < 1.29 is 9.90 Å². The van der Waals surface area contributed by atoms with Crippen molar-refractivity contribution in [2.75, 3.05) is 26.2 Å². The summed E-state index contributed by atoms with van der Waals surface area (Å²) in [7, 11) is 0. The second kappa shape index (κ2) is 7.82. The molecule has 0 saturated carbocycles. The average Bonchev–Trinajstić information content (AvgIpc) is 3.11. The Morgan fingerprint density at radius 2 is 1.78 bits per heavy atom. The fraction of sp³-hybridized carbons (Fsp3) is 0.632. The quantitative estimate of drug-likeness (QED) is 0.908. The lowest BCUT2D eigenvalue weighted by Crippen LogP contribution is -2.34. The molecule has 2 fully saturated rings. The van der Waals surface area contributed by atoms with Gasteiger partial charge in [0.2, 0.25) is 5.91 Å². The van der Waals surface area contributed by atoms with E-state index < -0.39 is 0 Å². The van der Waals surface area contributed by atoms with Gasteiger partial charge in [-0.3, -0.25) is 9.69 Å². The van der Waals surface area contributed by atoms with Crippen LogP contribution in [0.2, 0.25) is 0 Å². The highest BCUT2D eigenvalue weighted by molar-refractivity contribution is 5.76. The Hall–Kier alpha value is -1.55. The number of phenolic OH excluding ortho intramolecular Hbond substituents is 1. The molecule has 1 amide bonds. The van der Waals surface area contributed by atoms with Crippen LogP contribution >= 0.6 is 0 Å². The van der Waals surface area contributed by atoms with Crippen molar-refractivity contribution in [3.05, 3.63) is 29.8 Å². The monoisotopic (exact) mass is 316 g/mol. The minimum Gasteiger partial charge on any atom is -0.508 e. The second-order valence-corrected chi connectivity index (χ2v) is 6.97. The number of hydrogen-bond acceptors (Lipinski definition) is 3. The predicted octanol–water partition coefficient (Wildman–Crippen LogP) is 3.01. The molecule has 2 heterocycles. The molecule has 0 radical (unpaired) electrons. The van der Waals surface area contributed by atoms with Gasteiger partial charge in [0.25, 0.3) is 0 Å². The van der Waals surface area contributed by atoms with Gasteiger partial charge in [-0.2, -0.15) is 0 Å². The van der Waals surface area contributed by atoms with Gasteiger partial charge < -0.3 is 10.0 Å². The molecule has 4 heteroatoms. The van der Waals surface area contributed by atoms with E-state index in [9.17, 15) is 9.90 Å². The summed E-state index contributed by atoms with van der Waals surface area (Å²) < 4.78 is 0. The van der Waals surface area contributed by atoms with Gasteiger partial charge in [0, 0.05) is 31.6 Å². The number of piperidine rings is 1. The highest BCUT2D eigenvalue weighted by Crippen LogP contribution is 2.25. The van der Waals surface area contributed by atoms with Crippen molar-refractivity contribution in [3.63, 3.8) is 0 Å². The SMILES string of the molecule is O=C(CCC1CCN(Cc2ccccc2O)CC1)N1CCCC1. The fourth-order valence-electron chi connectivity index (χ4n) is 3.77. The minimum absolute atomic E-state index is 0.360. The van der Waals surface area contributed by atoms with E-state index in [1.165, 1.54) is 25.7 Å². The van der Waals surface area contributed by atoms with E-state index in [1.807, 2.05) is 23.1 Å². The summed E-state index contributed by atoms with van der Waals surface area (Å²) in [5, 5.41) is 9.87. The minimum atomic E-state index is 0.360. The van der Waals surface area contributed by atoms with Crippen molar-refractivity contribution >= 4 is 5.91 Å². The van der Waals surface area contributed by atoms with Gasteiger partial charge >= 0.3 is 0 Å². The number of carbonyl (C=O) groups excluding carboxylic acids is 1. The van der Waals surface area contributed by atoms with Gasteiger partial charge in [0.05, 0.1) is 0 Å². The number of carbonyl (C=O) groups is 1.